The highest BCUT2D eigenvalue weighted by molar-refractivity contribution is 6.34. The van der Waals surface area contributed by atoms with Crippen LogP contribution in [-0.4, -0.2) is 126 Å². The number of carbonyl (C=O) groups excluding carboxylic acids is 4. The third-order valence-electron chi connectivity index (χ3n) is 13.5. The van der Waals surface area contributed by atoms with Gasteiger partial charge in [0.15, 0.2) is 5.82 Å². The molecule has 1 atom stereocenters. The molecule has 0 saturated carbocycles. The van der Waals surface area contributed by atoms with E-state index in [1.54, 1.807) is 60.3 Å². The Morgan fingerprint density at radius 3 is 2.49 bits per heavy atom. The molecule has 0 radical (unpaired) electrons. The monoisotopic (exact) mass is 905 g/mol. The molecule has 0 spiro atoms. The number of halogens is 3. The summed E-state index contributed by atoms with van der Waals surface area (Å²) in [7, 11) is 3.23. The molecule has 2 saturated heterocycles. The van der Waals surface area contributed by atoms with Crippen LogP contribution >= 0.6 is 11.6 Å². The number of fused-ring (bicyclic) bond motifs is 2. The normalized spacial score (nSPS) is 18.8. The summed E-state index contributed by atoms with van der Waals surface area (Å²) >= 11 is 7.09. The number of hydrogen-bond donors (Lipinski definition) is 2. The average molecular weight is 906 g/mol. The highest BCUT2D eigenvalue weighted by Gasteiger charge is 2.43. The van der Waals surface area contributed by atoms with Crippen molar-refractivity contribution in [2.75, 3.05) is 76.3 Å². The van der Waals surface area contributed by atoms with Gasteiger partial charge in [0.1, 0.15) is 17.6 Å². The number of piperidine rings is 1. The van der Waals surface area contributed by atoms with E-state index in [1.165, 1.54) is 22.1 Å². The van der Waals surface area contributed by atoms with Crippen LogP contribution in [0.4, 0.5) is 20.2 Å². The molecule has 16 heteroatoms. The Labute approximate surface area is 382 Å². The maximum absolute atomic E-state index is 16.7. The van der Waals surface area contributed by atoms with E-state index >= 15 is 8.78 Å². The van der Waals surface area contributed by atoms with Crippen molar-refractivity contribution < 1.29 is 28.0 Å². The fourth-order valence-electron chi connectivity index (χ4n) is 10.2. The van der Waals surface area contributed by atoms with Gasteiger partial charge in [0.2, 0.25) is 17.7 Å². The van der Waals surface area contributed by atoms with Crippen molar-refractivity contribution in [1.29, 1.82) is 0 Å². The lowest BCUT2D eigenvalue weighted by Crippen LogP contribution is -2.53. The van der Waals surface area contributed by atoms with Crippen molar-refractivity contribution in [3.05, 3.63) is 106 Å². The van der Waals surface area contributed by atoms with E-state index in [2.05, 4.69) is 51.2 Å². The molecule has 2 aromatic heterocycles. The number of aryl methyl sites for hydroxylation is 1. The molecule has 4 aliphatic heterocycles. The molecule has 65 heavy (non-hydrogen) atoms. The average Bonchev–Trinajstić information content (AvgIpc) is 4.05. The highest BCUT2D eigenvalue weighted by Crippen LogP contribution is 2.45. The fourth-order valence-corrected chi connectivity index (χ4v) is 10.4. The van der Waals surface area contributed by atoms with Crippen LogP contribution in [0.5, 0.6) is 0 Å². The lowest BCUT2D eigenvalue weighted by Gasteiger charge is -2.36. The Balaban J connectivity index is 0.925. The van der Waals surface area contributed by atoms with Crippen LogP contribution in [0.15, 0.2) is 67.0 Å². The third-order valence-corrected chi connectivity index (χ3v) is 13.8. The summed E-state index contributed by atoms with van der Waals surface area (Å²) in [6.07, 6.45) is 7.81. The highest BCUT2D eigenvalue weighted by atomic mass is 35.5. The number of nitrogens with one attached hydrogen (secondary N) is 2. The van der Waals surface area contributed by atoms with Crippen molar-refractivity contribution in [2.24, 2.45) is 0 Å². The molecule has 0 aliphatic carbocycles. The molecule has 9 rings (SSSR count). The van der Waals surface area contributed by atoms with Gasteiger partial charge in [-0.25, -0.2) is 8.78 Å². The van der Waals surface area contributed by atoms with Crippen molar-refractivity contribution in [2.45, 2.75) is 64.0 Å². The number of carbonyl (C=O) groups is 4. The fraction of sp³-hybridized carbons (Fsp3) is 0.408. The van der Waals surface area contributed by atoms with Crippen molar-refractivity contribution in [3.63, 3.8) is 0 Å². The molecule has 13 nitrogen and oxygen atoms in total. The van der Waals surface area contributed by atoms with Gasteiger partial charge in [-0.3, -0.25) is 34.1 Å². The summed E-state index contributed by atoms with van der Waals surface area (Å²) in [5.74, 6) is -1.91. The first-order chi connectivity index (χ1) is 31.2. The van der Waals surface area contributed by atoms with E-state index in [1.807, 2.05) is 17.0 Å². The van der Waals surface area contributed by atoms with Gasteiger partial charge in [0.25, 0.3) is 5.91 Å². The Bertz CT molecular complexity index is 2720. The number of rotatable bonds is 11. The van der Waals surface area contributed by atoms with Crippen LogP contribution in [-0.2, 0) is 32.8 Å². The van der Waals surface area contributed by atoms with Gasteiger partial charge in [-0.2, -0.15) is 5.10 Å². The van der Waals surface area contributed by atoms with Gasteiger partial charge in [0.05, 0.1) is 16.2 Å². The number of imide groups is 1. The van der Waals surface area contributed by atoms with E-state index in [-0.39, 0.29) is 69.8 Å². The first-order valence-corrected chi connectivity index (χ1v) is 22.8. The number of aromatic nitrogens is 3. The zero-order valence-corrected chi connectivity index (χ0v) is 38.0. The molecule has 4 aliphatic rings. The number of aromatic amines is 1. The van der Waals surface area contributed by atoms with Crippen LogP contribution < -0.4 is 15.1 Å². The van der Waals surface area contributed by atoms with Gasteiger partial charge in [-0.1, -0.05) is 43.7 Å². The van der Waals surface area contributed by atoms with Crippen LogP contribution in [0.2, 0.25) is 5.02 Å². The Morgan fingerprint density at radius 1 is 0.954 bits per heavy atom. The number of nitrogens with zero attached hydrogens (tertiary/aromatic N) is 7. The van der Waals surface area contributed by atoms with E-state index in [0.29, 0.717) is 92.8 Å². The molecule has 340 valence electrons. The number of anilines is 2. The maximum Gasteiger partial charge on any atom is 0.269 e. The number of piperazine rings is 1. The lowest BCUT2D eigenvalue weighted by molar-refractivity contribution is -0.134. The van der Waals surface area contributed by atoms with Gasteiger partial charge in [0, 0.05) is 126 Å². The van der Waals surface area contributed by atoms with Gasteiger partial charge in [-0.15, -0.1) is 0 Å². The molecule has 1 unspecified atom stereocenters. The predicted octanol–water partition coefficient (Wildman–Crippen LogP) is 6.64. The molecule has 5 aromatic rings. The topological polar surface area (TPSA) is 130 Å². The van der Waals surface area contributed by atoms with Crippen molar-refractivity contribution >= 4 is 63.1 Å². The maximum atomic E-state index is 16.7. The second-order valence-corrected chi connectivity index (χ2v) is 18.9. The molecule has 4 amide bonds. The molecular formula is C49H54ClF2N9O4. The largest absolute Gasteiger partial charge is 0.367 e. The molecular weight excluding hydrogens is 852 g/mol. The van der Waals surface area contributed by atoms with E-state index < -0.39 is 11.6 Å². The molecule has 0 bridgehead atoms. The first-order valence-electron chi connectivity index (χ1n) is 22.4. The number of H-pyrrole nitrogens is 1. The summed E-state index contributed by atoms with van der Waals surface area (Å²) in [6.45, 7) is 9.63. The Kier molecular flexibility index (Phi) is 12.0. The van der Waals surface area contributed by atoms with Crippen LogP contribution in [0.25, 0.3) is 27.6 Å². The molecule has 3 aromatic carbocycles. The smallest absolute Gasteiger partial charge is 0.269 e. The first kappa shape index (κ1) is 44.2. The van der Waals surface area contributed by atoms with Crippen LogP contribution in [0.1, 0.15) is 66.7 Å². The Hall–Kier alpha value is -6.06. The number of benzene rings is 3. The minimum Gasteiger partial charge on any atom is -0.367 e. The molecule has 2 N–H and O–H groups in total. The molecule has 2 fully saturated rings. The SMILES string of the molecule is CN(C)C(=O)c1cc2c(-c3cc(F)c(N4CCN(CCc5cccc6c5C(C)(C)CN6C5CCC(=O)NC5=O)CC4)cc3Cl)cc(C3=CCCN(C(=O)CCn4cccn4)C3)c(F)c2[nH]1. The van der Waals surface area contributed by atoms with Crippen molar-refractivity contribution in [3.8, 4) is 11.1 Å². The number of hydrogen-bond acceptors (Lipinski definition) is 8. The second kappa shape index (κ2) is 17.7. The summed E-state index contributed by atoms with van der Waals surface area (Å²) in [6, 6.07) is 14.0. The van der Waals surface area contributed by atoms with E-state index in [4.69, 9.17) is 11.6 Å². The summed E-state index contributed by atoms with van der Waals surface area (Å²) in [5, 5.41) is 7.38. The van der Waals surface area contributed by atoms with E-state index in [0.717, 1.165) is 18.7 Å². The van der Waals surface area contributed by atoms with Crippen LogP contribution in [0, 0.1) is 11.6 Å². The van der Waals surface area contributed by atoms with Crippen molar-refractivity contribution in [1.82, 2.24) is 34.8 Å². The van der Waals surface area contributed by atoms with Crippen LogP contribution in [0.3, 0.4) is 0 Å². The molecule has 6 heterocycles. The number of amides is 4. The summed E-state index contributed by atoms with van der Waals surface area (Å²) in [4.78, 5) is 63.9. The minimum absolute atomic E-state index is 0.0726. The summed E-state index contributed by atoms with van der Waals surface area (Å²) < 4.78 is 34.9. The standard InChI is InChI=1S/C49H54ClF2N9O4/c1-49(2)29-61(40-11-12-42(62)55-47(40)64)39-10-5-8-30(44(39)49)13-18-57-20-22-58(23-21-57)41-27-36(50)34(25-37(41)51)33-24-32(45(52)46-35(33)26-38(54-46)48(65)56(3)4)31-9-6-16-59(28-31)43(63)14-19-60-17-7-15-53-60/h5,7-10,15,17,24-27,40,54H,6,11-14,16,18-23,28-29H2,1-4H3,(H,55,62,64). The zero-order valence-electron chi connectivity index (χ0n) is 37.2. The minimum atomic E-state index is -0.570. The van der Waals surface area contributed by atoms with Gasteiger partial charge < -0.3 is 24.6 Å². The predicted molar refractivity (Wildman–Crippen MR) is 248 cm³/mol. The lowest BCUT2D eigenvalue weighted by atomic mass is 9.83. The van der Waals surface area contributed by atoms with Gasteiger partial charge in [-0.05, 0) is 77.9 Å². The van der Waals surface area contributed by atoms with E-state index in [9.17, 15) is 19.2 Å². The van der Waals surface area contributed by atoms with Gasteiger partial charge >= 0.3 is 0 Å². The third kappa shape index (κ3) is 8.63. The Morgan fingerprint density at radius 2 is 1.75 bits per heavy atom. The zero-order chi connectivity index (χ0) is 45.7. The second-order valence-electron chi connectivity index (χ2n) is 18.5. The summed E-state index contributed by atoms with van der Waals surface area (Å²) in [5.41, 5.74) is 5.69. The quantitative estimate of drug-likeness (QED) is 0.141.